The summed E-state index contributed by atoms with van der Waals surface area (Å²) in [5.74, 6) is -0.321. The Bertz CT molecular complexity index is 1760. The Morgan fingerprint density at radius 3 is 2.04 bits per heavy atom. The molecule has 0 saturated carbocycles. The number of allylic oxidation sites excluding steroid dienone is 1. The first kappa shape index (κ1) is 37.1. The number of hydrogen-bond donors (Lipinski definition) is 0. The molecular weight excluding hydrogens is 668 g/mol. The minimum Gasteiger partial charge on any atom is -0.465 e. The Hall–Kier alpha value is -3.68. The maximum atomic E-state index is 12.3. The first-order valence-electron chi connectivity index (χ1n) is 18.3. The summed E-state index contributed by atoms with van der Waals surface area (Å²) in [7, 11) is -1.34. The molecule has 51 heavy (non-hydrogen) atoms. The minimum absolute atomic E-state index is 0.0977. The average Bonchev–Trinajstić information content (AvgIpc) is 3.12. The number of methoxy groups -OCH3 is 1. The van der Waals surface area contributed by atoms with Gasteiger partial charge in [0.2, 0.25) is 0 Å². The van der Waals surface area contributed by atoms with Crippen molar-refractivity contribution in [1.29, 1.82) is 0 Å². The number of anilines is 1. The number of carbonyl (C=O) groups excluding carboxylic acids is 1. The van der Waals surface area contributed by atoms with E-state index in [1.807, 2.05) is 24.3 Å². The molecule has 7 heteroatoms. The van der Waals surface area contributed by atoms with Gasteiger partial charge < -0.3 is 14.1 Å². The average molecular weight is 721 g/mol. The van der Waals surface area contributed by atoms with Crippen molar-refractivity contribution in [3.63, 3.8) is 0 Å². The van der Waals surface area contributed by atoms with E-state index in [-0.39, 0.29) is 22.5 Å². The summed E-state index contributed by atoms with van der Waals surface area (Å²) in [5.41, 5.74) is 6.23. The van der Waals surface area contributed by atoms with Crippen LogP contribution in [0.5, 0.6) is 0 Å². The number of nitrogens with zero attached hydrogens (tertiary/aromatic N) is 2. The molecule has 1 aliphatic carbocycles. The van der Waals surface area contributed by atoms with E-state index in [2.05, 4.69) is 129 Å². The second-order valence-electron chi connectivity index (χ2n) is 16.0. The zero-order valence-electron chi connectivity index (χ0n) is 31.1. The molecule has 1 atom stereocenters. The highest BCUT2D eigenvalue weighted by Gasteiger charge is 2.50. The van der Waals surface area contributed by atoms with E-state index in [0.717, 1.165) is 49.7 Å². The van der Waals surface area contributed by atoms with Crippen LogP contribution in [0.15, 0.2) is 115 Å². The molecule has 0 spiro atoms. The molecule has 0 aromatic heterocycles. The molecule has 1 saturated heterocycles. The van der Waals surface area contributed by atoms with Gasteiger partial charge in [0.25, 0.3) is 8.32 Å². The quantitative estimate of drug-likeness (QED) is 0.121. The van der Waals surface area contributed by atoms with Crippen molar-refractivity contribution < 1.29 is 14.0 Å². The van der Waals surface area contributed by atoms with Crippen LogP contribution in [0, 0.1) is 5.41 Å². The van der Waals surface area contributed by atoms with E-state index in [1.54, 1.807) is 0 Å². The third kappa shape index (κ3) is 8.20. The van der Waals surface area contributed by atoms with Crippen LogP contribution in [0.1, 0.15) is 69.8 Å². The van der Waals surface area contributed by atoms with Crippen molar-refractivity contribution in [2.24, 2.45) is 5.41 Å². The third-order valence-electron chi connectivity index (χ3n) is 10.9. The van der Waals surface area contributed by atoms with Gasteiger partial charge in [-0.05, 0) is 87.6 Å². The van der Waals surface area contributed by atoms with Crippen LogP contribution < -0.4 is 15.3 Å². The number of carbonyl (C=O) groups is 1. The van der Waals surface area contributed by atoms with Crippen molar-refractivity contribution in [2.75, 3.05) is 44.8 Å². The molecule has 1 heterocycles. The molecule has 4 aromatic rings. The Morgan fingerprint density at radius 1 is 0.863 bits per heavy atom. The van der Waals surface area contributed by atoms with Crippen molar-refractivity contribution in [3.8, 4) is 0 Å². The SMILES string of the molecule is COC(=O)c1ccc(N2CCN(CC3=C(c4ccc(Cl)cc4)CCC(C)(C)C3)C[C@H]2CO[Si](c2ccccc2)(c2ccccc2)C(C)(C)C)cc1. The topological polar surface area (TPSA) is 42.0 Å². The predicted molar refractivity (Wildman–Crippen MR) is 215 cm³/mol. The highest BCUT2D eigenvalue weighted by molar-refractivity contribution is 6.99. The van der Waals surface area contributed by atoms with Crippen LogP contribution in [0.2, 0.25) is 10.1 Å². The molecule has 2 aliphatic rings. The molecule has 0 unspecified atom stereocenters. The molecule has 4 aromatic carbocycles. The number of hydrogen-bond acceptors (Lipinski definition) is 5. The lowest BCUT2D eigenvalue weighted by Gasteiger charge is -2.47. The second kappa shape index (κ2) is 15.5. The largest absolute Gasteiger partial charge is 0.465 e. The maximum absolute atomic E-state index is 12.3. The van der Waals surface area contributed by atoms with Gasteiger partial charge in [-0.15, -0.1) is 0 Å². The zero-order valence-corrected chi connectivity index (χ0v) is 32.9. The van der Waals surface area contributed by atoms with Gasteiger partial charge in [0.15, 0.2) is 0 Å². The first-order chi connectivity index (χ1) is 24.4. The van der Waals surface area contributed by atoms with E-state index in [4.69, 9.17) is 20.8 Å². The normalized spacial score (nSPS) is 18.5. The summed E-state index contributed by atoms with van der Waals surface area (Å²) in [4.78, 5) is 17.4. The monoisotopic (exact) mass is 720 g/mol. The summed E-state index contributed by atoms with van der Waals surface area (Å²) in [6, 6.07) is 38.2. The van der Waals surface area contributed by atoms with E-state index < -0.39 is 8.32 Å². The zero-order chi connectivity index (χ0) is 36.2. The molecule has 1 fully saturated rings. The van der Waals surface area contributed by atoms with E-state index >= 15 is 0 Å². The first-order valence-corrected chi connectivity index (χ1v) is 20.6. The molecular formula is C44H53ClN2O3Si. The molecule has 5 nitrogen and oxygen atoms in total. The number of ether oxygens (including phenoxy) is 1. The number of rotatable bonds is 10. The summed E-state index contributed by atoms with van der Waals surface area (Å²) >= 11 is 6.31. The van der Waals surface area contributed by atoms with Crippen LogP contribution in [0.3, 0.4) is 0 Å². The molecule has 0 amide bonds. The number of benzene rings is 4. The summed E-state index contributed by atoms with van der Waals surface area (Å²) in [5, 5.41) is 3.22. The van der Waals surface area contributed by atoms with Gasteiger partial charge in [0, 0.05) is 36.9 Å². The Labute approximate surface area is 311 Å². The third-order valence-corrected chi connectivity index (χ3v) is 16.1. The van der Waals surface area contributed by atoms with Crippen molar-refractivity contribution in [1.82, 2.24) is 4.90 Å². The fourth-order valence-corrected chi connectivity index (χ4v) is 13.0. The lowest BCUT2D eigenvalue weighted by atomic mass is 9.72. The van der Waals surface area contributed by atoms with Crippen LogP contribution in [-0.4, -0.2) is 65.1 Å². The fraction of sp³-hybridized carbons (Fsp3) is 0.386. The predicted octanol–water partition coefficient (Wildman–Crippen LogP) is 8.86. The number of esters is 1. The maximum Gasteiger partial charge on any atom is 0.337 e. The Morgan fingerprint density at radius 2 is 1.47 bits per heavy atom. The van der Waals surface area contributed by atoms with Crippen molar-refractivity contribution in [2.45, 2.75) is 65.0 Å². The van der Waals surface area contributed by atoms with Crippen LogP contribution in [0.25, 0.3) is 5.57 Å². The molecule has 268 valence electrons. The Balaban J connectivity index is 1.36. The van der Waals surface area contributed by atoms with E-state index in [9.17, 15) is 4.79 Å². The molecule has 0 N–H and O–H groups in total. The minimum atomic E-state index is -2.76. The smallest absolute Gasteiger partial charge is 0.337 e. The highest BCUT2D eigenvalue weighted by atomic mass is 35.5. The molecule has 1 aliphatic heterocycles. The van der Waals surface area contributed by atoms with Crippen molar-refractivity contribution in [3.05, 3.63) is 131 Å². The Kier molecular flexibility index (Phi) is 11.3. The van der Waals surface area contributed by atoms with Gasteiger partial charge in [0.1, 0.15) is 0 Å². The summed E-state index contributed by atoms with van der Waals surface area (Å²) in [6.07, 6.45) is 3.35. The lowest BCUT2D eigenvalue weighted by Crippen LogP contribution is -2.68. The fourth-order valence-electron chi connectivity index (χ4n) is 8.27. The number of piperazine rings is 1. The van der Waals surface area contributed by atoms with Gasteiger partial charge in [-0.25, -0.2) is 4.79 Å². The van der Waals surface area contributed by atoms with Gasteiger partial charge in [-0.2, -0.15) is 0 Å². The lowest BCUT2D eigenvalue weighted by molar-refractivity contribution is 0.0600. The van der Waals surface area contributed by atoms with E-state index in [0.29, 0.717) is 12.2 Å². The van der Waals surface area contributed by atoms with Gasteiger partial charge >= 0.3 is 5.97 Å². The van der Waals surface area contributed by atoms with Gasteiger partial charge in [-0.1, -0.05) is 125 Å². The van der Waals surface area contributed by atoms with E-state index in [1.165, 1.54) is 40.6 Å². The molecule has 0 bridgehead atoms. The summed E-state index contributed by atoms with van der Waals surface area (Å²) < 4.78 is 12.6. The number of halogens is 1. The van der Waals surface area contributed by atoms with Gasteiger partial charge in [0.05, 0.1) is 25.3 Å². The van der Waals surface area contributed by atoms with Crippen LogP contribution in [0.4, 0.5) is 5.69 Å². The molecule has 6 rings (SSSR count). The second-order valence-corrected chi connectivity index (χ2v) is 20.8. The van der Waals surface area contributed by atoms with Gasteiger partial charge in [-0.3, -0.25) is 4.90 Å². The molecule has 0 radical (unpaired) electrons. The van der Waals surface area contributed by atoms with Crippen LogP contribution in [-0.2, 0) is 9.16 Å². The standard InChI is InChI=1S/C44H53ClN2O3Si/c1-43(2,3)51(39-13-9-7-10-14-39,40-15-11-8-12-16-40)50-32-38-31-46(27-28-47(38)37-23-19-34(20-24-37)42(48)49-6)30-35-29-44(4,5)26-25-41(35)33-17-21-36(45)22-18-33/h7-24,38H,25-32H2,1-6H3/t38-/m0/s1. The van der Waals surface area contributed by atoms with Crippen molar-refractivity contribution >= 4 is 47.5 Å². The summed E-state index contributed by atoms with van der Waals surface area (Å²) in [6.45, 7) is 16.0. The van der Waals surface area contributed by atoms with Crippen LogP contribution >= 0.6 is 11.6 Å². The highest BCUT2D eigenvalue weighted by Crippen LogP contribution is 2.43.